The number of aromatic nitrogens is 1. The van der Waals surface area contributed by atoms with Crippen LogP contribution in [0.2, 0.25) is 0 Å². The van der Waals surface area contributed by atoms with Gasteiger partial charge in [0.15, 0.2) is 5.13 Å². The fourth-order valence-corrected chi connectivity index (χ4v) is 7.27. The van der Waals surface area contributed by atoms with E-state index in [-0.39, 0.29) is 37.0 Å². The Hall–Kier alpha value is -5.09. The van der Waals surface area contributed by atoms with Crippen molar-refractivity contribution in [3.05, 3.63) is 111 Å². The first-order chi connectivity index (χ1) is 21.6. The highest BCUT2D eigenvalue weighted by atomic mass is 32.2. The molecule has 0 aliphatic carbocycles. The van der Waals surface area contributed by atoms with Crippen LogP contribution in [-0.2, 0) is 19.4 Å². The second-order valence-electron chi connectivity index (χ2n) is 10.3. The number of ketones is 1. The van der Waals surface area contributed by atoms with Gasteiger partial charge in [0.05, 0.1) is 27.6 Å². The molecule has 46 heavy (non-hydrogen) atoms. The predicted octanol–water partition coefficient (Wildman–Crippen LogP) is 6.53. The summed E-state index contributed by atoms with van der Waals surface area (Å²) in [6, 6.07) is 13.5. The summed E-state index contributed by atoms with van der Waals surface area (Å²) in [5, 5.41) is 22.0. The molecule has 1 unspecified atom stereocenters. The Morgan fingerprint density at radius 3 is 2.17 bits per heavy atom. The Morgan fingerprint density at radius 1 is 1.02 bits per heavy atom. The molecule has 0 radical (unpaired) electrons. The van der Waals surface area contributed by atoms with Crippen LogP contribution in [-0.4, -0.2) is 41.5 Å². The molecule has 238 valence electrons. The molecule has 11 nitrogen and oxygen atoms in total. The molecule has 0 bridgehead atoms. The number of sulfone groups is 1. The number of benzene rings is 3. The van der Waals surface area contributed by atoms with Crippen LogP contribution < -0.4 is 9.64 Å². The Labute approximate surface area is 263 Å². The second-order valence-corrected chi connectivity index (χ2v) is 13.5. The van der Waals surface area contributed by atoms with Crippen molar-refractivity contribution in [1.82, 2.24) is 4.98 Å². The van der Waals surface area contributed by atoms with Gasteiger partial charge in [-0.1, -0.05) is 61.6 Å². The number of rotatable bonds is 8. The Kier molecular flexibility index (Phi) is 8.44. The molecule has 1 aliphatic heterocycles. The van der Waals surface area contributed by atoms with Crippen molar-refractivity contribution in [2.24, 2.45) is 0 Å². The van der Waals surface area contributed by atoms with Crippen molar-refractivity contribution in [1.29, 1.82) is 0 Å². The molecule has 16 heteroatoms. The molecule has 1 fully saturated rings. The van der Waals surface area contributed by atoms with E-state index in [0.717, 1.165) is 53.1 Å². The third kappa shape index (κ3) is 6.21. The van der Waals surface area contributed by atoms with Gasteiger partial charge in [0.25, 0.3) is 11.5 Å². The van der Waals surface area contributed by atoms with E-state index in [9.17, 15) is 46.4 Å². The number of anilines is 1. The van der Waals surface area contributed by atoms with Crippen LogP contribution in [0.4, 0.5) is 24.0 Å². The fraction of sp³-hybridized carbons (Fsp3) is 0.167. The van der Waals surface area contributed by atoms with Crippen LogP contribution in [0.5, 0.6) is 5.75 Å². The Bertz CT molecular complexity index is 1970. The average molecular weight is 674 g/mol. The number of carbonyl (C=O) groups is 2. The lowest BCUT2D eigenvalue weighted by molar-refractivity contribution is -0.384. The third-order valence-corrected chi connectivity index (χ3v) is 10.3. The minimum atomic E-state index is -4.98. The van der Waals surface area contributed by atoms with E-state index in [4.69, 9.17) is 0 Å². The molecule has 1 amide bonds. The van der Waals surface area contributed by atoms with Gasteiger partial charge >= 0.3 is 12.3 Å². The number of aliphatic hydroxyl groups excluding tert-OH is 1. The summed E-state index contributed by atoms with van der Waals surface area (Å²) >= 11 is 0.515. The van der Waals surface area contributed by atoms with Crippen molar-refractivity contribution in [2.75, 3.05) is 4.90 Å². The zero-order valence-electron chi connectivity index (χ0n) is 23.8. The first-order valence-electron chi connectivity index (χ1n) is 13.3. The average Bonchev–Trinajstić information content (AvgIpc) is 3.60. The molecule has 1 aromatic heterocycles. The number of halogens is 3. The normalized spacial score (nSPS) is 16.7. The largest absolute Gasteiger partial charge is 0.573 e. The zero-order valence-corrected chi connectivity index (χ0v) is 25.4. The lowest BCUT2D eigenvalue weighted by atomic mass is 9.94. The molecule has 4 aromatic rings. The topological polar surface area (TPSA) is 157 Å². The standard InChI is InChI=1S/C30H22F3N3O8S2/c1-16(2)17-3-5-19(6-4-17)26(37)24-25(18-7-11-21(12-8-18)44-30(31,32)33)35(28(39)27(24)38)29-34-15-23(45-29)46(42,43)22-13-9-20(10-14-22)36(40)41/h3-16,25,37H,1-2H3/b26-24+. The highest BCUT2D eigenvalue weighted by molar-refractivity contribution is 7.93. The zero-order chi connectivity index (χ0) is 33.6. The summed E-state index contributed by atoms with van der Waals surface area (Å²) in [7, 11) is -4.28. The molecular weight excluding hydrogens is 651 g/mol. The fourth-order valence-electron chi connectivity index (χ4n) is 4.73. The van der Waals surface area contributed by atoms with Crippen LogP contribution in [0.3, 0.4) is 0 Å². The number of hydrogen-bond acceptors (Lipinski definition) is 10. The van der Waals surface area contributed by atoms with Gasteiger partial charge in [-0.3, -0.25) is 24.6 Å². The molecule has 2 heterocycles. The first kappa shape index (κ1) is 32.3. The van der Waals surface area contributed by atoms with Crippen molar-refractivity contribution >= 4 is 49.4 Å². The highest BCUT2D eigenvalue weighted by Gasteiger charge is 2.48. The summed E-state index contributed by atoms with van der Waals surface area (Å²) in [5.41, 5.74) is 0.465. The summed E-state index contributed by atoms with van der Waals surface area (Å²) in [6.07, 6.45) is -4.04. The Morgan fingerprint density at radius 2 is 1.63 bits per heavy atom. The summed E-state index contributed by atoms with van der Waals surface area (Å²) in [6.45, 7) is 3.91. The molecule has 1 N–H and O–H groups in total. The van der Waals surface area contributed by atoms with Gasteiger partial charge in [0.1, 0.15) is 15.7 Å². The van der Waals surface area contributed by atoms with E-state index >= 15 is 0 Å². The molecule has 3 aromatic carbocycles. The molecule has 5 rings (SSSR count). The van der Waals surface area contributed by atoms with Crippen molar-refractivity contribution in [2.45, 2.75) is 41.3 Å². The van der Waals surface area contributed by atoms with E-state index in [1.165, 1.54) is 12.1 Å². The number of hydrogen-bond donors (Lipinski definition) is 1. The van der Waals surface area contributed by atoms with Gasteiger partial charge < -0.3 is 9.84 Å². The van der Waals surface area contributed by atoms with Gasteiger partial charge in [-0.05, 0) is 41.3 Å². The van der Waals surface area contributed by atoms with Gasteiger partial charge in [0, 0.05) is 17.7 Å². The second kappa shape index (κ2) is 12.0. The minimum absolute atomic E-state index is 0.0871. The van der Waals surface area contributed by atoms with E-state index < -0.39 is 55.9 Å². The SMILES string of the molecule is CC(C)c1ccc(/C(O)=C2\C(=O)C(=O)N(c3ncc(S(=O)(=O)c4ccc([N+](=O)[O-])cc4)s3)C2c2ccc(OC(F)(F)F)cc2)cc1. The molecule has 1 saturated heterocycles. The van der Waals surface area contributed by atoms with E-state index in [1.54, 1.807) is 24.3 Å². The number of nitro groups is 1. The lowest BCUT2D eigenvalue weighted by Gasteiger charge is -2.23. The molecule has 1 aliphatic rings. The van der Waals surface area contributed by atoms with Crippen molar-refractivity contribution in [3.63, 3.8) is 0 Å². The summed E-state index contributed by atoms with van der Waals surface area (Å²) in [5.74, 6) is -3.30. The number of carbonyl (C=O) groups excluding carboxylic acids is 2. The first-order valence-corrected chi connectivity index (χ1v) is 15.6. The van der Waals surface area contributed by atoms with Crippen LogP contribution in [0.1, 0.15) is 42.5 Å². The van der Waals surface area contributed by atoms with Gasteiger partial charge in [-0.2, -0.15) is 0 Å². The van der Waals surface area contributed by atoms with E-state index in [2.05, 4.69) is 9.72 Å². The van der Waals surface area contributed by atoms with E-state index in [1.807, 2.05) is 13.8 Å². The van der Waals surface area contributed by atoms with Crippen LogP contribution in [0, 0.1) is 10.1 Å². The lowest BCUT2D eigenvalue weighted by Crippen LogP contribution is -2.29. The maximum Gasteiger partial charge on any atom is 0.573 e. The van der Waals surface area contributed by atoms with Crippen LogP contribution >= 0.6 is 11.3 Å². The number of nitro benzene ring substituents is 1. The van der Waals surface area contributed by atoms with Gasteiger partial charge in [-0.25, -0.2) is 13.4 Å². The summed E-state index contributed by atoms with van der Waals surface area (Å²) < 4.78 is 68.5. The number of nitrogens with zero attached hydrogens (tertiary/aromatic N) is 3. The maximum absolute atomic E-state index is 13.5. The third-order valence-electron chi connectivity index (χ3n) is 7.03. The van der Waals surface area contributed by atoms with Crippen LogP contribution in [0.25, 0.3) is 5.76 Å². The van der Waals surface area contributed by atoms with Crippen molar-refractivity contribution < 1.29 is 45.9 Å². The predicted molar refractivity (Wildman–Crippen MR) is 159 cm³/mol. The molecule has 0 saturated carbocycles. The van der Waals surface area contributed by atoms with Crippen LogP contribution in [0.15, 0.2) is 93.7 Å². The number of aliphatic hydroxyl groups is 1. The number of non-ortho nitro benzene ring substituents is 1. The molecular formula is C30H22F3N3O8S2. The van der Waals surface area contributed by atoms with Crippen molar-refractivity contribution in [3.8, 4) is 5.75 Å². The highest BCUT2D eigenvalue weighted by Crippen LogP contribution is 2.45. The number of thiazole rings is 1. The Balaban J connectivity index is 1.61. The maximum atomic E-state index is 13.5. The summed E-state index contributed by atoms with van der Waals surface area (Å²) in [4.78, 5) is 41.8. The van der Waals surface area contributed by atoms with Gasteiger partial charge in [-0.15, -0.1) is 13.2 Å². The van der Waals surface area contributed by atoms with Gasteiger partial charge in [0.2, 0.25) is 9.84 Å². The number of amides is 1. The molecule has 1 atom stereocenters. The smallest absolute Gasteiger partial charge is 0.507 e. The quantitative estimate of drug-likeness (QED) is 0.0722. The molecule has 0 spiro atoms. The number of alkyl halides is 3. The monoisotopic (exact) mass is 673 g/mol. The van der Waals surface area contributed by atoms with E-state index in [0.29, 0.717) is 11.3 Å². The minimum Gasteiger partial charge on any atom is -0.507 e. The number of Topliss-reactive ketones (excluding diaryl/α,β-unsaturated/α-hetero) is 1. The number of ether oxygens (including phenoxy) is 1.